The number of hydrogen-bond acceptors (Lipinski definition) is 3. The second-order valence-corrected chi connectivity index (χ2v) is 8.22. The maximum Gasteiger partial charge on any atom is 0.407 e. The topological polar surface area (TPSA) is 50.4 Å². The lowest BCUT2D eigenvalue weighted by atomic mass is 9.84. The van der Waals surface area contributed by atoms with Gasteiger partial charge in [-0.05, 0) is 59.3 Å². The van der Waals surface area contributed by atoms with E-state index in [0.717, 1.165) is 18.8 Å². The van der Waals surface area contributed by atoms with E-state index in [0.29, 0.717) is 12.1 Å². The average molecular weight is 310 g/mol. The molecule has 0 aromatic carbocycles. The highest BCUT2D eigenvalue weighted by Crippen LogP contribution is 2.28. The summed E-state index contributed by atoms with van der Waals surface area (Å²) in [6.07, 6.45) is 10.1. The lowest BCUT2D eigenvalue weighted by molar-refractivity contribution is 0.0461. The molecule has 0 radical (unpaired) electrons. The fourth-order valence-corrected chi connectivity index (χ4v) is 3.66. The summed E-state index contributed by atoms with van der Waals surface area (Å²) >= 11 is 0. The lowest BCUT2D eigenvalue weighted by Gasteiger charge is -2.39. The van der Waals surface area contributed by atoms with E-state index in [1.165, 1.54) is 38.5 Å². The van der Waals surface area contributed by atoms with Crippen LogP contribution in [0.25, 0.3) is 0 Å². The van der Waals surface area contributed by atoms with Gasteiger partial charge in [0.1, 0.15) is 5.60 Å². The van der Waals surface area contributed by atoms with Crippen molar-refractivity contribution in [3.63, 3.8) is 0 Å². The molecule has 2 fully saturated rings. The number of alkyl carbamates (subject to hydrolysis) is 1. The second-order valence-electron chi connectivity index (χ2n) is 8.22. The number of nitrogens with one attached hydrogen (secondary N) is 2. The number of hydrogen-bond donors (Lipinski definition) is 2. The molecule has 0 aromatic rings. The van der Waals surface area contributed by atoms with Crippen molar-refractivity contribution in [1.29, 1.82) is 0 Å². The molecule has 1 atom stereocenters. The van der Waals surface area contributed by atoms with Crippen LogP contribution in [0.5, 0.6) is 0 Å². The number of carbonyl (C=O) groups excluding carboxylic acids is 1. The Hall–Kier alpha value is -0.770. The molecule has 0 aromatic heterocycles. The molecule has 0 spiro atoms. The first-order valence-electron chi connectivity index (χ1n) is 9.09. The van der Waals surface area contributed by atoms with Crippen LogP contribution >= 0.6 is 0 Å². The third-order valence-corrected chi connectivity index (χ3v) is 4.96. The highest BCUT2D eigenvalue weighted by molar-refractivity contribution is 5.68. The number of amides is 1. The molecule has 0 saturated heterocycles. The van der Waals surface area contributed by atoms with E-state index in [-0.39, 0.29) is 12.1 Å². The van der Waals surface area contributed by atoms with Crippen LogP contribution < -0.4 is 10.6 Å². The SMILES string of the molecule is C[C@@H](NC1CC(NC(=O)OC(C)(C)C)C1)C1CCCCCC1. The molecule has 0 heterocycles. The van der Waals surface area contributed by atoms with Crippen molar-refractivity contribution in [3.8, 4) is 0 Å². The molecule has 22 heavy (non-hydrogen) atoms. The fraction of sp³-hybridized carbons (Fsp3) is 0.944. The summed E-state index contributed by atoms with van der Waals surface area (Å²) in [7, 11) is 0. The monoisotopic (exact) mass is 310 g/mol. The highest BCUT2D eigenvalue weighted by Gasteiger charge is 2.33. The van der Waals surface area contributed by atoms with Crippen molar-refractivity contribution in [1.82, 2.24) is 10.6 Å². The van der Waals surface area contributed by atoms with Crippen molar-refractivity contribution in [2.45, 2.75) is 103 Å². The number of ether oxygens (including phenoxy) is 1. The van der Waals surface area contributed by atoms with E-state index in [1.54, 1.807) is 0 Å². The Bertz CT molecular complexity index is 351. The van der Waals surface area contributed by atoms with Gasteiger partial charge in [-0.3, -0.25) is 0 Å². The molecule has 0 aliphatic heterocycles. The maximum absolute atomic E-state index is 11.7. The van der Waals surface area contributed by atoms with Gasteiger partial charge in [0.2, 0.25) is 0 Å². The van der Waals surface area contributed by atoms with Crippen LogP contribution in [0.15, 0.2) is 0 Å². The predicted octanol–water partition coefficient (Wildman–Crippen LogP) is 3.99. The minimum absolute atomic E-state index is 0.272. The van der Waals surface area contributed by atoms with Crippen LogP contribution in [-0.4, -0.2) is 29.8 Å². The Kier molecular flexibility index (Phi) is 6.13. The fourth-order valence-electron chi connectivity index (χ4n) is 3.66. The van der Waals surface area contributed by atoms with E-state index in [9.17, 15) is 4.79 Å². The second kappa shape index (κ2) is 7.67. The van der Waals surface area contributed by atoms with Crippen LogP contribution in [0.3, 0.4) is 0 Å². The highest BCUT2D eigenvalue weighted by atomic mass is 16.6. The van der Waals surface area contributed by atoms with Crippen LogP contribution in [0.2, 0.25) is 0 Å². The number of carbonyl (C=O) groups is 1. The Balaban J connectivity index is 1.63. The van der Waals surface area contributed by atoms with E-state index in [1.807, 2.05) is 20.8 Å². The van der Waals surface area contributed by atoms with Crippen molar-refractivity contribution in [3.05, 3.63) is 0 Å². The van der Waals surface area contributed by atoms with Crippen molar-refractivity contribution in [2.24, 2.45) is 5.92 Å². The van der Waals surface area contributed by atoms with E-state index < -0.39 is 5.60 Å². The van der Waals surface area contributed by atoms with Crippen LogP contribution in [-0.2, 0) is 4.74 Å². The standard InChI is InChI=1S/C18H34N2O2/c1-13(14-9-7-5-6-8-10-14)19-15-11-16(12-15)20-17(21)22-18(2,3)4/h13-16,19H,5-12H2,1-4H3,(H,20,21)/t13-,15?,16?/m1/s1. The van der Waals surface area contributed by atoms with Gasteiger partial charge in [-0.15, -0.1) is 0 Å². The summed E-state index contributed by atoms with van der Waals surface area (Å²) < 4.78 is 5.30. The Morgan fingerprint density at radius 3 is 2.18 bits per heavy atom. The number of rotatable bonds is 4. The third-order valence-electron chi connectivity index (χ3n) is 4.96. The first kappa shape index (κ1) is 17.6. The van der Waals surface area contributed by atoms with E-state index >= 15 is 0 Å². The van der Waals surface area contributed by atoms with Crippen LogP contribution in [0, 0.1) is 5.92 Å². The van der Waals surface area contributed by atoms with Gasteiger partial charge in [0.05, 0.1) is 0 Å². The Morgan fingerprint density at radius 1 is 1.05 bits per heavy atom. The molecule has 2 N–H and O–H groups in total. The molecule has 0 unspecified atom stereocenters. The zero-order valence-corrected chi connectivity index (χ0v) is 14.8. The largest absolute Gasteiger partial charge is 0.444 e. The molecule has 4 heteroatoms. The first-order chi connectivity index (χ1) is 10.3. The van der Waals surface area contributed by atoms with Gasteiger partial charge in [0.15, 0.2) is 0 Å². The summed E-state index contributed by atoms with van der Waals surface area (Å²) in [5.74, 6) is 0.834. The van der Waals surface area contributed by atoms with Crippen molar-refractivity contribution in [2.75, 3.05) is 0 Å². The summed E-state index contributed by atoms with van der Waals surface area (Å²) in [6, 6.07) is 1.43. The molecule has 2 aliphatic carbocycles. The Morgan fingerprint density at radius 2 is 1.64 bits per heavy atom. The molecule has 2 saturated carbocycles. The Labute approximate surface area is 135 Å². The third kappa shape index (κ3) is 5.79. The minimum atomic E-state index is -0.417. The molecule has 2 rings (SSSR count). The molecule has 2 aliphatic rings. The average Bonchev–Trinajstić information content (AvgIpc) is 2.62. The summed E-state index contributed by atoms with van der Waals surface area (Å²) in [5.41, 5.74) is -0.417. The minimum Gasteiger partial charge on any atom is -0.444 e. The first-order valence-corrected chi connectivity index (χ1v) is 9.09. The van der Waals surface area contributed by atoms with Gasteiger partial charge in [-0.25, -0.2) is 4.79 Å². The van der Waals surface area contributed by atoms with Gasteiger partial charge < -0.3 is 15.4 Å². The van der Waals surface area contributed by atoms with Crippen molar-refractivity contribution >= 4 is 6.09 Å². The molecular weight excluding hydrogens is 276 g/mol. The van der Waals surface area contributed by atoms with Crippen LogP contribution in [0.1, 0.15) is 79.1 Å². The van der Waals surface area contributed by atoms with Gasteiger partial charge in [-0.2, -0.15) is 0 Å². The maximum atomic E-state index is 11.7. The zero-order chi connectivity index (χ0) is 16.2. The normalized spacial score (nSPS) is 28.4. The summed E-state index contributed by atoms with van der Waals surface area (Å²) in [4.78, 5) is 11.7. The van der Waals surface area contributed by atoms with Gasteiger partial charge >= 0.3 is 6.09 Å². The smallest absolute Gasteiger partial charge is 0.407 e. The molecule has 1 amide bonds. The quantitative estimate of drug-likeness (QED) is 0.772. The molecule has 4 nitrogen and oxygen atoms in total. The van der Waals surface area contributed by atoms with Gasteiger partial charge in [-0.1, -0.05) is 25.7 Å². The van der Waals surface area contributed by atoms with E-state index in [4.69, 9.17) is 4.74 Å². The van der Waals surface area contributed by atoms with E-state index in [2.05, 4.69) is 17.6 Å². The molecular formula is C18H34N2O2. The van der Waals surface area contributed by atoms with Gasteiger partial charge in [0, 0.05) is 18.1 Å². The summed E-state index contributed by atoms with van der Waals surface area (Å²) in [6.45, 7) is 8.02. The molecule has 0 bridgehead atoms. The summed E-state index contributed by atoms with van der Waals surface area (Å²) in [5, 5.41) is 6.74. The lowest BCUT2D eigenvalue weighted by Crippen LogP contribution is -2.55. The van der Waals surface area contributed by atoms with Crippen molar-refractivity contribution < 1.29 is 9.53 Å². The predicted molar refractivity (Wildman–Crippen MR) is 90.0 cm³/mol. The van der Waals surface area contributed by atoms with Gasteiger partial charge in [0.25, 0.3) is 0 Å². The molecule has 128 valence electrons. The van der Waals surface area contributed by atoms with Crippen LogP contribution in [0.4, 0.5) is 4.79 Å². The zero-order valence-electron chi connectivity index (χ0n) is 14.8.